The summed E-state index contributed by atoms with van der Waals surface area (Å²) in [7, 11) is 1.43. The Balaban J connectivity index is 1.81. The minimum absolute atomic E-state index is 0.0800. The van der Waals surface area contributed by atoms with Gasteiger partial charge in [-0.25, -0.2) is 4.79 Å². The van der Waals surface area contributed by atoms with E-state index in [9.17, 15) is 19.5 Å². The second kappa shape index (κ2) is 7.07. The number of phenols is 1. The van der Waals surface area contributed by atoms with E-state index in [0.29, 0.717) is 5.56 Å². The van der Waals surface area contributed by atoms with Gasteiger partial charge in [0.25, 0.3) is 0 Å². The normalized spacial score (nSPS) is 16.4. The first-order chi connectivity index (χ1) is 15.0. The van der Waals surface area contributed by atoms with Crippen molar-refractivity contribution in [1.82, 2.24) is 0 Å². The number of carbonyl (C=O) groups is 3. The van der Waals surface area contributed by atoms with E-state index >= 15 is 0 Å². The van der Waals surface area contributed by atoms with Gasteiger partial charge in [-0.05, 0) is 29.8 Å². The Hall–Kier alpha value is -3.97. The predicted octanol–water partition coefficient (Wildman–Crippen LogP) is 3.41. The highest BCUT2D eigenvalue weighted by Gasteiger charge is 2.44. The van der Waals surface area contributed by atoms with Crippen LogP contribution in [-0.2, 0) is 9.47 Å². The largest absolute Gasteiger partial charge is 0.508 e. The number of carbonyl (C=O) groups excluding carboxylic acids is 3. The number of rotatable bonds is 4. The number of ether oxygens (including phenoxy) is 3. The van der Waals surface area contributed by atoms with Gasteiger partial charge in [0, 0.05) is 34.9 Å². The highest BCUT2D eigenvalue weighted by molar-refractivity contribution is 6.30. The molecule has 2 aliphatic rings. The maximum Gasteiger partial charge on any atom is 0.343 e. The molecule has 7 heteroatoms. The Morgan fingerprint density at radius 2 is 1.68 bits per heavy atom. The van der Waals surface area contributed by atoms with Crippen molar-refractivity contribution in [2.24, 2.45) is 0 Å². The summed E-state index contributed by atoms with van der Waals surface area (Å²) in [6.07, 6.45) is -0.876. The van der Waals surface area contributed by atoms with Gasteiger partial charge >= 0.3 is 5.97 Å². The van der Waals surface area contributed by atoms with Gasteiger partial charge in [0.05, 0.1) is 0 Å². The van der Waals surface area contributed by atoms with Crippen LogP contribution in [0.4, 0.5) is 0 Å². The molecule has 7 nitrogen and oxygen atoms in total. The predicted molar refractivity (Wildman–Crippen MR) is 108 cm³/mol. The van der Waals surface area contributed by atoms with Crippen molar-refractivity contribution < 1.29 is 33.7 Å². The van der Waals surface area contributed by atoms with E-state index in [-0.39, 0.29) is 51.7 Å². The fraction of sp³-hybridized carbons (Fsp3) is 0.125. The number of cyclic esters (lactones) is 1. The molecule has 0 amide bonds. The first kappa shape index (κ1) is 19.0. The average molecular weight is 416 g/mol. The van der Waals surface area contributed by atoms with Crippen molar-refractivity contribution in [3.8, 4) is 11.5 Å². The number of hydrogen-bond donors (Lipinski definition) is 1. The van der Waals surface area contributed by atoms with Crippen molar-refractivity contribution in [3.63, 3.8) is 0 Å². The molecule has 3 aromatic rings. The number of hydrogen-bond acceptors (Lipinski definition) is 7. The van der Waals surface area contributed by atoms with Gasteiger partial charge in [0.1, 0.15) is 17.1 Å². The van der Waals surface area contributed by atoms with Crippen molar-refractivity contribution in [1.29, 1.82) is 0 Å². The third kappa shape index (κ3) is 2.82. The topological polar surface area (TPSA) is 99.1 Å². The van der Waals surface area contributed by atoms with Gasteiger partial charge in [-0.15, -0.1) is 0 Å². The molecule has 5 rings (SSSR count). The second-order valence-corrected chi connectivity index (χ2v) is 7.22. The zero-order valence-electron chi connectivity index (χ0n) is 16.4. The molecule has 0 radical (unpaired) electrons. The Bertz CT molecular complexity index is 1260. The molecular weight excluding hydrogens is 400 g/mol. The van der Waals surface area contributed by atoms with Crippen LogP contribution in [0.3, 0.4) is 0 Å². The van der Waals surface area contributed by atoms with Crippen molar-refractivity contribution in [3.05, 3.63) is 93.5 Å². The number of methoxy groups -OCH3 is 1. The van der Waals surface area contributed by atoms with E-state index in [4.69, 9.17) is 14.2 Å². The highest BCUT2D eigenvalue weighted by Crippen LogP contribution is 2.46. The summed E-state index contributed by atoms with van der Waals surface area (Å²) < 4.78 is 16.2. The van der Waals surface area contributed by atoms with Crippen LogP contribution in [-0.4, -0.2) is 36.5 Å². The van der Waals surface area contributed by atoms with E-state index in [1.807, 2.05) is 6.07 Å². The summed E-state index contributed by atoms with van der Waals surface area (Å²) in [6.45, 7) is -0.152. The van der Waals surface area contributed by atoms with Gasteiger partial charge in [0.2, 0.25) is 0 Å². The van der Waals surface area contributed by atoms with Gasteiger partial charge in [-0.1, -0.05) is 30.3 Å². The van der Waals surface area contributed by atoms with Gasteiger partial charge in [0.15, 0.2) is 24.5 Å². The van der Waals surface area contributed by atoms with Crippen LogP contribution in [0.5, 0.6) is 11.5 Å². The SMILES string of the molecule is COCOc1cc2c(c3c1C(=O)OC3c1ccccc1)C(=O)c1cc(O)ccc1C2=O. The van der Waals surface area contributed by atoms with Crippen molar-refractivity contribution in [2.75, 3.05) is 13.9 Å². The quantitative estimate of drug-likeness (QED) is 0.402. The second-order valence-electron chi connectivity index (χ2n) is 7.22. The summed E-state index contributed by atoms with van der Waals surface area (Å²) in [5.41, 5.74) is 1.49. The maximum atomic E-state index is 13.5. The van der Waals surface area contributed by atoms with E-state index in [1.165, 1.54) is 31.4 Å². The standard InChI is InChI=1S/C24H16O7/c1-29-11-30-17-10-16-18(22(27)15-9-13(25)7-8-14(15)21(16)26)20-19(17)24(28)31-23(20)12-5-3-2-4-6-12/h2-10,23,25H,11H2,1H3. The number of phenolic OH excluding ortho intramolecular Hbond substituents is 1. The summed E-state index contributed by atoms with van der Waals surface area (Å²) in [4.78, 5) is 39.6. The third-order valence-electron chi connectivity index (χ3n) is 5.42. The van der Waals surface area contributed by atoms with Crippen LogP contribution in [0.15, 0.2) is 54.6 Å². The lowest BCUT2D eigenvalue weighted by Crippen LogP contribution is -2.24. The third-order valence-corrected chi connectivity index (χ3v) is 5.42. The lowest BCUT2D eigenvalue weighted by atomic mass is 9.78. The number of fused-ring (bicyclic) bond motifs is 4. The Kier molecular flexibility index (Phi) is 4.34. The molecule has 3 aromatic carbocycles. The molecule has 1 aliphatic heterocycles. The van der Waals surface area contributed by atoms with E-state index in [2.05, 4.69) is 0 Å². The molecule has 1 aliphatic carbocycles. The molecule has 1 N–H and O–H groups in total. The zero-order chi connectivity index (χ0) is 21.7. The lowest BCUT2D eigenvalue weighted by molar-refractivity contribution is 0.0417. The van der Waals surface area contributed by atoms with E-state index in [1.54, 1.807) is 24.3 Å². The summed E-state index contributed by atoms with van der Waals surface area (Å²) in [6, 6.07) is 14.4. The van der Waals surface area contributed by atoms with Crippen LogP contribution in [0.1, 0.15) is 59.4 Å². The van der Waals surface area contributed by atoms with Crippen LogP contribution in [0, 0.1) is 0 Å². The average Bonchev–Trinajstić information content (AvgIpc) is 3.13. The smallest absolute Gasteiger partial charge is 0.343 e. The summed E-state index contributed by atoms with van der Waals surface area (Å²) >= 11 is 0. The van der Waals surface area contributed by atoms with Gasteiger partial charge in [-0.3, -0.25) is 9.59 Å². The molecule has 0 saturated carbocycles. The van der Waals surface area contributed by atoms with Gasteiger partial charge < -0.3 is 19.3 Å². The molecule has 31 heavy (non-hydrogen) atoms. The number of esters is 1. The van der Waals surface area contributed by atoms with Crippen molar-refractivity contribution >= 4 is 17.5 Å². The molecule has 1 heterocycles. The molecule has 1 unspecified atom stereocenters. The fourth-order valence-electron chi connectivity index (χ4n) is 4.10. The zero-order valence-corrected chi connectivity index (χ0v) is 16.4. The number of benzene rings is 3. The number of ketones is 2. The van der Waals surface area contributed by atoms with Crippen LogP contribution in [0.25, 0.3) is 0 Å². The summed E-state index contributed by atoms with van der Waals surface area (Å²) in [5, 5.41) is 9.87. The monoisotopic (exact) mass is 416 g/mol. The van der Waals surface area contributed by atoms with E-state index in [0.717, 1.165) is 0 Å². The lowest BCUT2D eigenvalue weighted by Gasteiger charge is -2.23. The molecule has 0 saturated heterocycles. The molecular formula is C24H16O7. The first-order valence-corrected chi connectivity index (χ1v) is 9.52. The van der Waals surface area contributed by atoms with Crippen LogP contribution >= 0.6 is 0 Å². The Labute approximate surface area is 176 Å². The molecule has 0 spiro atoms. The molecule has 0 aromatic heterocycles. The molecule has 1 atom stereocenters. The van der Waals surface area contributed by atoms with Crippen LogP contribution in [0.2, 0.25) is 0 Å². The van der Waals surface area contributed by atoms with E-state index < -0.39 is 23.6 Å². The van der Waals surface area contributed by atoms with Crippen LogP contribution < -0.4 is 4.74 Å². The first-order valence-electron chi connectivity index (χ1n) is 9.52. The highest BCUT2D eigenvalue weighted by atomic mass is 16.7. The molecule has 154 valence electrons. The summed E-state index contributed by atoms with van der Waals surface area (Å²) in [5.74, 6) is -1.54. The maximum absolute atomic E-state index is 13.5. The molecule has 0 fully saturated rings. The minimum Gasteiger partial charge on any atom is -0.508 e. The number of aromatic hydroxyl groups is 1. The Morgan fingerprint density at radius 3 is 2.42 bits per heavy atom. The van der Waals surface area contributed by atoms with Crippen molar-refractivity contribution in [2.45, 2.75) is 6.10 Å². The van der Waals surface area contributed by atoms with Gasteiger partial charge in [-0.2, -0.15) is 0 Å². The minimum atomic E-state index is -0.876. The Morgan fingerprint density at radius 1 is 0.903 bits per heavy atom. The fourth-order valence-corrected chi connectivity index (χ4v) is 4.10. The molecule has 0 bridgehead atoms.